The molecule has 2 rings (SSSR count). The first-order valence-corrected chi connectivity index (χ1v) is 8.30. The molecule has 21 heavy (non-hydrogen) atoms. The van der Waals surface area contributed by atoms with E-state index in [0.717, 1.165) is 11.3 Å². The quantitative estimate of drug-likeness (QED) is 0.679. The van der Waals surface area contributed by atoms with E-state index in [1.807, 2.05) is 0 Å². The van der Waals surface area contributed by atoms with Crippen LogP contribution >= 0.6 is 11.3 Å². The normalized spacial score (nSPS) is 11.5. The number of aromatic nitrogens is 2. The molecule has 0 fully saturated rings. The minimum atomic E-state index is -3.79. The molecule has 0 aliphatic heterocycles. The Kier molecular flexibility index (Phi) is 4.33. The van der Waals surface area contributed by atoms with E-state index in [1.165, 1.54) is 12.3 Å². The highest BCUT2D eigenvalue weighted by Gasteiger charge is 2.23. The summed E-state index contributed by atoms with van der Waals surface area (Å²) in [5.74, 6) is 0. The molecule has 0 aliphatic rings. The standard InChI is InChI=1S/C11H14BN3O4S2/c1-6-10(4-9(5-13-6)12(16)17)15-21(18,19)11-7(2)14-8(3)20-11/h4-5,15-17H,1-3H3. The molecule has 0 radical (unpaired) electrons. The third kappa shape index (κ3) is 3.40. The topological polar surface area (TPSA) is 112 Å². The summed E-state index contributed by atoms with van der Waals surface area (Å²) in [4.78, 5) is 8.04. The second-order valence-electron chi connectivity index (χ2n) is 4.49. The van der Waals surface area contributed by atoms with Crippen LogP contribution in [0, 0.1) is 20.8 Å². The fourth-order valence-corrected chi connectivity index (χ4v) is 4.34. The minimum Gasteiger partial charge on any atom is -0.423 e. The second kappa shape index (κ2) is 5.72. The largest absolute Gasteiger partial charge is 0.490 e. The van der Waals surface area contributed by atoms with Gasteiger partial charge < -0.3 is 10.0 Å². The van der Waals surface area contributed by atoms with E-state index >= 15 is 0 Å². The van der Waals surface area contributed by atoms with Gasteiger partial charge in [0.05, 0.1) is 22.1 Å². The second-order valence-corrected chi connectivity index (χ2v) is 7.57. The smallest absolute Gasteiger partial charge is 0.423 e. The monoisotopic (exact) mass is 327 g/mol. The van der Waals surface area contributed by atoms with Gasteiger partial charge in [0, 0.05) is 11.7 Å². The number of pyridine rings is 1. The third-order valence-electron chi connectivity index (χ3n) is 2.76. The Hall–Kier alpha value is -1.49. The zero-order valence-corrected chi connectivity index (χ0v) is 13.3. The summed E-state index contributed by atoms with van der Waals surface area (Å²) in [6, 6.07) is 1.34. The highest BCUT2D eigenvalue weighted by atomic mass is 32.2. The van der Waals surface area contributed by atoms with Crippen molar-refractivity contribution in [1.29, 1.82) is 0 Å². The number of rotatable bonds is 4. The van der Waals surface area contributed by atoms with E-state index in [9.17, 15) is 8.42 Å². The van der Waals surface area contributed by atoms with Gasteiger partial charge in [0.1, 0.15) is 0 Å². The van der Waals surface area contributed by atoms with Crippen molar-refractivity contribution in [2.24, 2.45) is 0 Å². The molecular formula is C11H14BN3O4S2. The van der Waals surface area contributed by atoms with Crippen molar-refractivity contribution >= 4 is 39.6 Å². The predicted molar refractivity (Wildman–Crippen MR) is 81.2 cm³/mol. The molecule has 0 unspecified atom stereocenters. The summed E-state index contributed by atoms with van der Waals surface area (Å²) in [6.45, 7) is 4.97. The number of nitrogens with zero attached hydrogens (tertiary/aromatic N) is 2. The molecule has 3 N–H and O–H groups in total. The fourth-order valence-electron chi connectivity index (χ4n) is 1.75. The Morgan fingerprint density at radius 2 is 1.90 bits per heavy atom. The molecule has 0 saturated heterocycles. The molecule has 0 bridgehead atoms. The fraction of sp³-hybridized carbons (Fsp3) is 0.273. The number of thiazole rings is 1. The van der Waals surface area contributed by atoms with Gasteiger partial charge in [-0.1, -0.05) is 0 Å². The van der Waals surface area contributed by atoms with E-state index in [0.29, 0.717) is 16.4 Å². The van der Waals surface area contributed by atoms with Crippen LogP contribution in [-0.4, -0.2) is 35.6 Å². The lowest BCUT2D eigenvalue weighted by atomic mass is 9.81. The molecule has 2 aromatic rings. The van der Waals surface area contributed by atoms with Crippen molar-refractivity contribution in [1.82, 2.24) is 9.97 Å². The van der Waals surface area contributed by atoms with Crippen molar-refractivity contribution in [2.75, 3.05) is 4.72 Å². The zero-order chi connectivity index (χ0) is 15.8. The lowest BCUT2D eigenvalue weighted by molar-refractivity contribution is 0.425. The van der Waals surface area contributed by atoms with Crippen LogP contribution in [0.3, 0.4) is 0 Å². The predicted octanol–water partition coefficient (Wildman–Crippen LogP) is -0.0560. The Bertz CT molecular complexity index is 774. The van der Waals surface area contributed by atoms with Gasteiger partial charge in [-0.15, -0.1) is 11.3 Å². The number of hydrogen-bond acceptors (Lipinski definition) is 7. The Morgan fingerprint density at radius 3 is 2.43 bits per heavy atom. The zero-order valence-electron chi connectivity index (χ0n) is 11.7. The molecule has 0 aromatic carbocycles. The summed E-state index contributed by atoms with van der Waals surface area (Å²) in [7, 11) is -5.50. The van der Waals surface area contributed by atoms with Crippen LogP contribution in [0.15, 0.2) is 16.5 Å². The van der Waals surface area contributed by atoms with Gasteiger partial charge in [-0.05, 0) is 26.8 Å². The Labute approximate surface area is 126 Å². The average molecular weight is 327 g/mol. The van der Waals surface area contributed by atoms with Gasteiger partial charge >= 0.3 is 7.12 Å². The van der Waals surface area contributed by atoms with Crippen LogP contribution in [0.25, 0.3) is 0 Å². The maximum Gasteiger partial charge on any atom is 0.490 e. The molecule has 0 atom stereocenters. The summed E-state index contributed by atoms with van der Waals surface area (Å²) >= 11 is 1.08. The van der Waals surface area contributed by atoms with E-state index in [4.69, 9.17) is 10.0 Å². The molecule has 112 valence electrons. The number of nitrogens with one attached hydrogen (secondary N) is 1. The summed E-state index contributed by atoms with van der Waals surface area (Å²) in [6.07, 6.45) is 1.28. The molecule has 2 aromatic heterocycles. The SMILES string of the molecule is Cc1nc(C)c(S(=O)(=O)Nc2cc(B(O)O)cnc2C)s1. The van der Waals surface area contributed by atoms with Crippen LogP contribution in [0.4, 0.5) is 5.69 Å². The van der Waals surface area contributed by atoms with Crippen LogP contribution in [-0.2, 0) is 10.0 Å². The van der Waals surface area contributed by atoms with E-state index in [2.05, 4.69) is 14.7 Å². The van der Waals surface area contributed by atoms with Gasteiger partial charge in [0.2, 0.25) is 0 Å². The van der Waals surface area contributed by atoms with E-state index in [-0.39, 0.29) is 15.4 Å². The molecular weight excluding hydrogens is 313 g/mol. The van der Waals surface area contributed by atoms with Crippen molar-refractivity contribution in [3.8, 4) is 0 Å². The number of anilines is 1. The first kappa shape index (κ1) is 15.9. The first-order valence-electron chi connectivity index (χ1n) is 6.00. The van der Waals surface area contributed by atoms with Crippen molar-refractivity contribution < 1.29 is 18.5 Å². The molecule has 2 heterocycles. The molecule has 0 aliphatic carbocycles. The van der Waals surface area contributed by atoms with Crippen LogP contribution in [0.5, 0.6) is 0 Å². The number of hydrogen-bond donors (Lipinski definition) is 3. The Morgan fingerprint density at radius 1 is 1.24 bits per heavy atom. The highest BCUT2D eigenvalue weighted by molar-refractivity contribution is 7.94. The summed E-state index contributed by atoms with van der Waals surface area (Å²) in [5, 5.41) is 18.9. The van der Waals surface area contributed by atoms with Gasteiger partial charge in [-0.25, -0.2) is 13.4 Å². The van der Waals surface area contributed by atoms with Crippen LogP contribution < -0.4 is 10.2 Å². The molecule has 0 saturated carbocycles. The van der Waals surface area contributed by atoms with Crippen molar-refractivity contribution in [3.63, 3.8) is 0 Å². The van der Waals surface area contributed by atoms with E-state index in [1.54, 1.807) is 20.8 Å². The first-order chi connectivity index (χ1) is 9.70. The third-order valence-corrected chi connectivity index (χ3v) is 5.80. The highest BCUT2D eigenvalue weighted by Crippen LogP contribution is 2.25. The van der Waals surface area contributed by atoms with Crippen LogP contribution in [0.2, 0.25) is 0 Å². The van der Waals surface area contributed by atoms with Crippen molar-refractivity contribution in [3.05, 3.63) is 28.7 Å². The Balaban J connectivity index is 2.41. The average Bonchev–Trinajstić information content (AvgIpc) is 2.71. The van der Waals surface area contributed by atoms with Crippen LogP contribution in [0.1, 0.15) is 16.4 Å². The van der Waals surface area contributed by atoms with E-state index < -0.39 is 17.1 Å². The molecule has 0 spiro atoms. The van der Waals surface area contributed by atoms with Gasteiger partial charge in [0.15, 0.2) is 4.21 Å². The maximum atomic E-state index is 12.4. The van der Waals surface area contributed by atoms with Gasteiger partial charge in [-0.2, -0.15) is 0 Å². The summed E-state index contributed by atoms with van der Waals surface area (Å²) < 4.78 is 27.3. The lowest BCUT2D eigenvalue weighted by Crippen LogP contribution is -2.31. The number of aryl methyl sites for hydroxylation is 3. The van der Waals surface area contributed by atoms with Gasteiger partial charge in [0.25, 0.3) is 10.0 Å². The molecule has 10 heteroatoms. The molecule has 0 amide bonds. The summed E-state index contributed by atoms with van der Waals surface area (Å²) in [5.41, 5.74) is 1.16. The molecule has 7 nitrogen and oxygen atoms in total. The maximum absolute atomic E-state index is 12.4. The minimum absolute atomic E-state index is 0.107. The van der Waals surface area contributed by atoms with Crippen molar-refractivity contribution in [2.45, 2.75) is 25.0 Å². The lowest BCUT2D eigenvalue weighted by Gasteiger charge is -2.10. The van der Waals surface area contributed by atoms with Gasteiger partial charge in [-0.3, -0.25) is 9.71 Å². The number of sulfonamides is 1.